The number of methoxy groups -OCH3 is 1. The zero-order valence-electron chi connectivity index (χ0n) is 14.7. The molecule has 0 aliphatic heterocycles. The van der Waals surface area contributed by atoms with Gasteiger partial charge < -0.3 is 14.8 Å². The fraction of sp³-hybridized carbons (Fsp3) is 0.412. The molecule has 3 rings (SSSR count). The minimum absolute atomic E-state index is 0.0629. The van der Waals surface area contributed by atoms with Gasteiger partial charge in [0.05, 0.1) is 13.3 Å². The Morgan fingerprint density at radius 1 is 1.50 bits per heavy atom. The second-order valence-electron chi connectivity index (χ2n) is 5.87. The van der Waals surface area contributed by atoms with E-state index in [-0.39, 0.29) is 12.5 Å². The van der Waals surface area contributed by atoms with Gasteiger partial charge in [-0.15, -0.1) is 0 Å². The van der Waals surface area contributed by atoms with Crippen LogP contribution in [0.15, 0.2) is 23.3 Å². The molecule has 2 N–H and O–H groups in total. The fourth-order valence-corrected chi connectivity index (χ4v) is 2.61. The number of amides is 1. The lowest BCUT2D eigenvalue weighted by Crippen LogP contribution is -2.28. The Labute approximate surface area is 156 Å². The third-order valence-corrected chi connectivity index (χ3v) is 4.12. The molecule has 26 heavy (non-hydrogen) atoms. The monoisotopic (exact) mass is 375 g/mol. The zero-order valence-corrected chi connectivity index (χ0v) is 15.5. The van der Waals surface area contributed by atoms with E-state index < -0.39 is 0 Å². The van der Waals surface area contributed by atoms with E-state index >= 15 is 0 Å². The Morgan fingerprint density at radius 2 is 2.31 bits per heavy atom. The first kappa shape index (κ1) is 18.1. The van der Waals surface area contributed by atoms with Crippen LogP contribution in [0.2, 0.25) is 0 Å². The van der Waals surface area contributed by atoms with Crippen molar-refractivity contribution < 1.29 is 14.3 Å². The lowest BCUT2D eigenvalue weighted by Gasteiger charge is -2.11. The highest BCUT2D eigenvalue weighted by molar-refractivity contribution is 7.71. The number of nitrogens with one attached hydrogen (secondary N) is 2. The Balaban J connectivity index is 1.74. The highest BCUT2D eigenvalue weighted by atomic mass is 32.1. The molecule has 0 atom stereocenters. The largest absolute Gasteiger partial charge is 0.493 e. The molecule has 9 heteroatoms. The fourth-order valence-electron chi connectivity index (χ4n) is 2.42. The molecule has 1 aromatic carbocycles. The molecule has 0 unspecified atom stereocenters. The Morgan fingerprint density at radius 3 is 3.00 bits per heavy atom. The molecule has 0 bridgehead atoms. The molecule has 1 aromatic heterocycles. The van der Waals surface area contributed by atoms with Crippen molar-refractivity contribution in [2.45, 2.75) is 25.7 Å². The Hall–Kier alpha value is -2.68. The summed E-state index contributed by atoms with van der Waals surface area (Å²) in [5, 5.41) is 14.1. The standard InChI is InChI=1S/C17H21N5O3S/c1-3-18-15(23)10-25-13-7-4-11(8-14(13)24-2)9-19-22-16(12-5-6-12)20-21-17(22)26/h4,7-9,12H,3,5-6,10H2,1-2H3,(H,18,23)(H,21,26)/b19-9-. The Kier molecular flexibility index (Phi) is 5.67. The van der Waals surface area contributed by atoms with Crippen LogP contribution >= 0.6 is 12.2 Å². The number of hydrogen-bond acceptors (Lipinski definition) is 6. The maximum Gasteiger partial charge on any atom is 0.257 e. The van der Waals surface area contributed by atoms with Crippen molar-refractivity contribution in [1.29, 1.82) is 0 Å². The molecule has 1 heterocycles. The average molecular weight is 375 g/mol. The summed E-state index contributed by atoms with van der Waals surface area (Å²) in [5.41, 5.74) is 0.817. The van der Waals surface area contributed by atoms with Gasteiger partial charge in [0, 0.05) is 12.5 Å². The molecule has 0 spiro atoms. The smallest absolute Gasteiger partial charge is 0.257 e. The number of aromatic nitrogens is 3. The number of ether oxygens (including phenoxy) is 2. The molecule has 1 fully saturated rings. The lowest BCUT2D eigenvalue weighted by atomic mass is 10.2. The van der Waals surface area contributed by atoms with E-state index in [1.807, 2.05) is 13.0 Å². The van der Waals surface area contributed by atoms with Crippen molar-refractivity contribution in [2.75, 3.05) is 20.3 Å². The molecule has 1 amide bonds. The molecule has 0 radical (unpaired) electrons. The van der Waals surface area contributed by atoms with Gasteiger partial charge in [-0.3, -0.25) is 9.89 Å². The highest BCUT2D eigenvalue weighted by Crippen LogP contribution is 2.38. The van der Waals surface area contributed by atoms with Crippen molar-refractivity contribution >= 4 is 24.3 Å². The molecule has 138 valence electrons. The van der Waals surface area contributed by atoms with Crippen LogP contribution in [0.5, 0.6) is 11.5 Å². The summed E-state index contributed by atoms with van der Waals surface area (Å²) in [7, 11) is 1.55. The van der Waals surface area contributed by atoms with E-state index in [4.69, 9.17) is 21.7 Å². The van der Waals surface area contributed by atoms with Gasteiger partial charge in [0.15, 0.2) is 23.9 Å². The first-order chi connectivity index (χ1) is 12.6. The van der Waals surface area contributed by atoms with Gasteiger partial charge in [-0.2, -0.15) is 14.9 Å². The van der Waals surface area contributed by atoms with Crippen molar-refractivity contribution in [3.63, 3.8) is 0 Å². The van der Waals surface area contributed by atoms with Crippen LogP contribution in [0.1, 0.15) is 37.1 Å². The topological polar surface area (TPSA) is 93.5 Å². The molecule has 8 nitrogen and oxygen atoms in total. The van der Waals surface area contributed by atoms with Crippen molar-refractivity contribution in [3.8, 4) is 11.5 Å². The van der Waals surface area contributed by atoms with E-state index in [0.717, 1.165) is 24.2 Å². The highest BCUT2D eigenvalue weighted by Gasteiger charge is 2.29. The minimum Gasteiger partial charge on any atom is -0.493 e. The molecular formula is C17H21N5O3S. The van der Waals surface area contributed by atoms with Crippen molar-refractivity contribution in [2.24, 2.45) is 5.10 Å². The van der Waals surface area contributed by atoms with Gasteiger partial charge in [-0.05, 0) is 55.7 Å². The summed E-state index contributed by atoms with van der Waals surface area (Å²) in [5.74, 6) is 2.13. The SMILES string of the molecule is CCNC(=O)COc1ccc(/C=N\n2c(C3CC3)n[nH]c2=S)cc1OC. The first-order valence-electron chi connectivity index (χ1n) is 8.41. The van der Waals surface area contributed by atoms with Crippen LogP contribution in [0.4, 0.5) is 0 Å². The second-order valence-corrected chi connectivity index (χ2v) is 6.26. The normalized spacial score (nSPS) is 13.8. The zero-order chi connectivity index (χ0) is 18.5. The number of carbonyl (C=O) groups excluding carboxylic acids is 1. The van der Waals surface area contributed by atoms with Crippen LogP contribution < -0.4 is 14.8 Å². The summed E-state index contributed by atoms with van der Waals surface area (Å²) in [6, 6.07) is 5.37. The van der Waals surface area contributed by atoms with Gasteiger partial charge in [0.1, 0.15) is 0 Å². The summed E-state index contributed by atoms with van der Waals surface area (Å²) in [6.45, 7) is 2.36. The second kappa shape index (κ2) is 8.13. The van der Waals surface area contributed by atoms with Crippen molar-refractivity contribution in [3.05, 3.63) is 34.4 Å². The Bertz CT molecular complexity index is 870. The number of likely N-dealkylation sites (N-methyl/N-ethyl adjacent to an activating group) is 1. The predicted molar refractivity (Wildman–Crippen MR) is 99.6 cm³/mol. The number of H-pyrrole nitrogens is 1. The molecule has 2 aromatic rings. The van der Waals surface area contributed by atoms with Gasteiger partial charge in [-0.1, -0.05) is 0 Å². The number of benzene rings is 1. The molecule has 1 aliphatic carbocycles. The third-order valence-electron chi connectivity index (χ3n) is 3.86. The van der Waals surface area contributed by atoms with Crippen LogP contribution in [0, 0.1) is 4.77 Å². The van der Waals surface area contributed by atoms with Gasteiger partial charge in [0.2, 0.25) is 4.77 Å². The van der Waals surface area contributed by atoms with E-state index in [9.17, 15) is 4.79 Å². The summed E-state index contributed by atoms with van der Waals surface area (Å²) in [6.07, 6.45) is 3.91. The first-order valence-corrected chi connectivity index (χ1v) is 8.82. The third kappa shape index (κ3) is 4.29. The lowest BCUT2D eigenvalue weighted by molar-refractivity contribution is -0.123. The van der Waals surface area contributed by atoms with Gasteiger partial charge >= 0.3 is 0 Å². The average Bonchev–Trinajstić information content (AvgIpc) is 3.42. The van der Waals surface area contributed by atoms with Gasteiger partial charge in [-0.25, -0.2) is 0 Å². The minimum atomic E-state index is -0.179. The summed E-state index contributed by atoms with van der Waals surface area (Å²) < 4.78 is 13.0. The van der Waals surface area contributed by atoms with Crippen LogP contribution in [-0.4, -0.2) is 47.3 Å². The van der Waals surface area contributed by atoms with Crippen LogP contribution in [-0.2, 0) is 4.79 Å². The molecular weight excluding hydrogens is 354 g/mol. The summed E-state index contributed by atoms with van der Waals surface area (Å²) >= 11 is 5.23. The summed E-state index contributed by atoms with van der Waals surface area (Å²) in [4.78, 5) is 11.5. The number of aromatic amines is 1. The molecule has 1 aliphatic rings. The number of hydrogen-bond donors (Lipinski definition) is 2. The quantitative estimate of drug-likeness (QED) is 0.545. The van der Waals surface area contributed by atoms with E-state index in [0.29, 0.717) is 28.7 Å². The predicted octanol–water partition coefficient (Wildman–Crippen LogP) is 2.22. The number of carbonyl (C=O) groups is 1. The van der Waals surface area contributed by atoms with E-state index in [1.54, 1.807) is 30.1 Å². The maximum atomic E-state index is 11.5. The molecule has 1 saturated carbocycles. The van der Waals surface area contributed by atoms with E-state index in [1.165, 1.54) is 0 Å². The van der Waals surface area contributed by atoms with Gasteiger partial charge in [0.25, 0.3) is 5.91 Å². The van der Waals surface area contributed by atoms with Crippen molar-refractivity contribution in [1.82, 2.24) is 20.2 Å². The van der Waals surface area contributed by atoms with E-state index in [2.05, 4.69) is 20.6 Å². The number of rotatable bonds is 8. The molecule has 0 saturated heterocycles. The van der Waals surface area contributed by atoms with Crippen LogP contribution in [0.3, 0.4) is 0 Å². The maximum absolute atomic E-state index is 11.5. The van der Waals surface area contributed by atoms with Crippen LogP contribution in [0.25, 0.3) is 0 Å². The number of nitrogens with zero attached hydrogens (tertiary/aromatic N) is 3.